The first-order valence-corrected chi connectivity index (χ1v) is 4.18. The largest absolute Gasteiger partial charge is 0.268 e. The van der Waals surface area contributed by atoms with Crippen LogP contribution in [0.5, 0.6) is 0 Å². The van der Waals surface area contributed by atoms with Crippen molar-refractivity contribution in [3.63, 3.8) is 0 Å². The molecule has 0 aliphatic heterocycles. The highest BCUT2D eigenvalue weighted by Crippen LogP contribution is 2.21. The second-order valence-corrected chi connectivity index (χ2v) is 3.00. The lowest BCUT2D eigenvalue weighted by atomic mass is 10.1. The molecule has 1 aromatic heterocycles. The second-order valence-electron chi connectivity index (χ2n) is 3.00. The zero-order valence-corrected chi connectivity index (χ0v) is 7.57. The Morgan fingerprint density at radius 1 is 1.23 bits per heavy atom. The predicted octanol–water partition coefficient (Wildman–Crippen LogP) is 2.27. The van der Waals surface area contributed by atoms with Crippen molar-refractivity contribution in [3.8, 4) is 11.3 Å². The van der Waals surface area contributed by atoms with Crippen molar-refractivity contribution in [1.82, 2.24) is 9.78 Å². The number of aryl methyl sites for hydroxylation is 1. The molecule has 0 aliphatic rings. The summed E-state index contributed by atoms with van der Waals surface area (Å²) in [6, 6.07) is 10.0. The lowest BCUT2D eigenvalue weighted by Gasteiger charge is -2.04. The van der Waals surface area contributed by atoms with E-state index in [-0.39, 0.29) is 0 Å². The van der Waals surface area contributed by atoms with E-state index in [1.807, 2.05) is 36.0 Å². The molecule has 13 heavy (non-hydrogen) atoms. The Labute approximate surface area is 77.8 Å². The first-order chi connectivity index (χ1) is 6.29. The van der Waals surface area contributed by atoms with Crippen molar-refractivity contribution < 1.29 is 0 Å². The Balaban J connectivity index is 2.59. The predicted molar refractivity (Wildman–Crippen MR) is 53.1 cm³/mol. The van der Waals surface area contributed by atoms with Crippen LogP contribution >= 0.6 is 0 Å². The Hall–Kier alpha value is -1.57. The molecule has 1 aromatic carbocycles. The maximum absolute atomic E-state index is 4.12. The molecule has 0 aliphatic carbocycles. The maximum atomic E-state index is 4.12. The minimum absolute atomic E-state index is 1.03. The van der Waals surface area contributed by atoms with Gasteiger partial charge in [-0.25, -0.2) is 0 Å². The van der Waals surface area contributed by atoms with E-state index in [9.17, 15) is 0 Å². The molecule has 2 nitrogen and oxygen atoms in total. The minimum atomic E-state index is 1.03. The Morgan fingerprint density at radius 2 is 2.00 bits per heavy atom. The molecule has 0 N–H and O–H groups in total. The molecule has 0 spiro atoms. The van der Waals surface area contributed by atoms with Gasteiger partial charge in [0.05, 0.1) is 5.69 Å². The van der Waals surface area contributed by atoms with E-state index in [0.29, 0.717) is 0 Å². The van der Waals surface area contributed by atoms with Crippen LogP contribution < -0.4 is 0 Å². The van der Waals surface area contributed by atoms with Crippen LogP contribution in [0.25, 0.3) is 11.3 Å². The van der Waals surface area contributed by atoms with Gasteiger partial charge in [0.1, 0.15) is 0 Å². The lowest BCUT2D eigenvalue weighted by Crippen LogP contribution is -1.94. The first kappa shape index (κ1) is 8.05. The lowest BCUT2D eigenvalue weighted by molar-refractivity contribution is 0.775. The van der Waals surface area contributed by atoms with E-state index in [2.05, 4.69) is 18.1 Å². The third kappa shape index (κ3) is 1.35. The van der Waals surface area contributed by atoms with Crippen LogP contribution in [0.3, 0.4) is 0 Å². The molecule has 0 atom stereocenters. The monoisotopic (exact) mass is 171 g/mol. The van der Waals surface area contributed by atoms with Gasteiger partial charge in [0, 0.05) is 18.8 Å². The van der Waals surface area contributed by atoms with Crippen molar-refractivity contribution in [2.24, 2.45) is 7.05 Å². The van der Waals surface area contributed by atoms with E-state index in [1.54, 1.807) is 6.20 Å². The summed E-state index contributed by atoms with van der Waals surface area (Å²) in [5.74, 6) is 0. The summed E-state index contributed by atoms with van der Waals surface area (Å²) >= 11 is 0. The third-order valence-corrected chi connectivity index (χ3v) is 2.11. The van der Waals surface area contributed by atoms with Crippen molar-refractivity contribution in [2.75, 3.05) is 0 Å². The molecule has 0 unspecified atom stereocenters. The molecule has 2 aromatic rings. The topological polar surface area (TPSA) is 17.8 Å². The molecular formula is C11H11N2. The summed E-state index contributed by atoms with van der Waals surface area (Å²) in [5.41, 5.74) is 3.28. The van der Waals surface area contributed by atoms with Gasteiger partial charge >= 0.3 is 0 Å². The smallest absolute Gasteiger partial charge is 0.0681 e. The van der Waals surface area contributed by atoms with E-state index in [0.717, 1.165) is 16.8 Å². The molecule has 0 bridgehead atoms. The quantitative estimate of drug-likeness (QED) is 0.643. The summed E-state index contributed by atoms with van der Waals surface area (Å²) in [4.78, 5) is 0. The van der Waals surface area contributed by atoms with E-state index >= 15 is 0 Å². The molecule has 1 heterocycles. The standard InChI is InChI=1S/C11H11N2/c1-9-5-3-4-6-10(9)11-7-8-12-13(11)2/h3-8H,1H2,2H3. The van der Waals surface area contributed by atoms with Crippen molar-refractivity contribution in [3.05, 3.63) is 49.0 Å². The SMILES string of the molecule is [CH2]c1ccccc1-c1ccnn1C. The molecule has 2 rings (SSSR count). The van der Waals surface area contributed by atoms with Crippen LogP contribution in [0.15, 0.2) is 36.5 Å². The van der Waals surface area contributed by atoms with Crippen molar-refractivity contribution >= 4 is 0 Å². The van der Waals surface area contributed by atoms with Gasteiger partial charge < -0.3 is 0 Å². The number of rotatable bonds is 1. The number of benzene rings is 1. The summed E-state index contributed by atoms with van der Waals surface area (Å²) in [6.07, 6.45) is 1.79. The molecule has 0 saturated heterocycles. The number of hydrogen-bond donors (Lipinski definition) is 0. The molecule has 0 fully saturated rings. The van der Waals surface area contributed by atoms with Crippen molar-refractivity contribution in [2.45, 2.75) is 0 Å². The van der Waals surface area contributed by atoms with Crippen LogP contribution in [0, 0.1) is 6.92 Å². The van der Waals surface area contributed by atoms with Crippen LogP contribution in [0.1, 0.15) is 5.56 Å². The molecule has 0 amide bonds. The average Bonchev–Trinajstić information content (AvgIpc) is 2.52. The highest BCUT2D eigenvalue weighted by atomic mass is 15.3. The van der Waals surface area contributed by atoms with Gasteiger partial charge in [0.25, 0.3) is 0 Å². The van der Waals surface area contributed by atoms with Crippen LogP contribution in [-0.2, 0) is 7.05 Å². The van der Waals surface area contributed by atoms with Gasteiger partial charge in [-0.15, -0.1) is 0 Å². The molecule has 2 heteroatoms. The summed E-state index contributed by atoms with van der Waals surface area (Å²) in [6.45, 7) is 3.98. The Morgan fingerprint density at radius 3 is 2.62 bits per heavy atom. The highest BCUT2D eigenvalue weighted by Gasteiger charge is 2.03. The van der Waals surface area contributed by atoms with E-state index in [4.69, 9.17) is 0 Å². The molecule has 0 saturated carbocycles. The zero-order chi connectivity index (χ0) is 9.26. The fourth-order valence-electron chi connectivity index (χ4n) is 1.41. The minimum Gasteiger partial charge on any atom is -0.268 e. The summed E-state index contributed by atoms with van der Waals surface area (Å²) in [5, 5.41) is 4.12. The number of hydrogen-bond acceptors (Lipinski definition) is 1. The normalized spacial score (nSPS) is 10.3. The van der Waals surface area contributed by atoms with Gasteiger partial charge in [-0.2, -0.15) is 5.10 Å². The van der Waals surface area contributed by atoms with Gasteiger partial charge in [-0.05, 0) is 18.6 Å². The average molecular weight is 171 g/mol. The van der Waals surface area contributed by atoms with Gasteiger partial charge in [-0.1, -0.05) is 24.3 Å². The van der Waals surface area contributed by atoms with Gasteiger partial charge in [0.2, 0.25) is 0 Å². The fraction of sp³-hybridized carbons (Fsp3) is 0.0909. The Bertz CT molecular complexity index is 416. The third-order valence-electron chi connectivity index (χ3n) is 2.11. The van der Waals surface area contributed by atoms with E-state index in [1.165, 1.54) is 0 Å². The van der Waals surface area contributed by atoms with Gasteiger partial charge in [0.15, 0.2) is 0 Å². The molecular weight excluding hydrogens is 160 g/mol. The second kappa shape index (κ2) is 3.05. The number of aromatic nitrogens is 2. The van der Waals surface area contributed by atoms with Crippen LogP contribution in [-0.4, -0.2) is 9.78 Å². The van der Waals surface area contributed by atoms with Crippen LogP contribution in [0.2, 0.25) is 0 Å². The number of nitrogens with zero attached hydrogens (tertiary/aromatic N) is 2. The fourth-order valence-corrected chi connectivity index (χ4v) is 1.41. The zero-order valence-electron chi connectivity index (χ0n) is 7.57. The summed E-state index contributed by atoms with van der Waals surface area (Å²) < 4.78 is 1.85. The van der Waals surface area contributed by atoms with Gasteiger partial charge in [-0.3, -0.25) is 4.68 Å². The highest BCUT2D eigenvalue weighted by molar-refractivity contribution is 5.64. The Kier molecular flexibility index (Phi) is 1.89. The molecule has 65 valence electrons. The van der Waals surface area contributed by atoms with Crippen molar-refractivity contribution in [1.29, 1.82) is 0 Å². The first-order valence-electron chi connectivity index (χ1n) is 4.18. The summed E-state index contributed by atoms with van der Waals surface area (Å²) in [7, 11) is 1.93. The molecule has 1 radical (unpaired) electrons. The maximum Gasteiger partial charge on any atom is 0.0681 e. The van der Waals surface area contributed by atoms with Crippen LogP contribution in [0.4, 0.5) is 0 Å². The van der Waals surface area contributed by atoms with E-state index < -0.39 is 0 Å².